The molecule has 0 aromatic carbocycles. The van der Waals surface area contributed by atoms with Gasteiger partial charge in [-0.25, -0.2) is 4.98 Å². The molecule has 2 N–H and O–H groups in total. The highest BCUT2D eigenvalue weighted by atomic mass is 16.2. The average Bonchev–Trinajstić information content (AvgIpc) is 2.23. The zero-order valence-electron chi connectivity index (χ0n) is 12.2. The van der Waals surface area contributed by atoms with Crippen molar-refractivity contribution in [3.63, 3.8) is 0 Å². The Morgan fingerprint density at radius 2 is 2.00 bits per heavy atom. The standard InChI is InChI=1S/C15H23N3O/c1-15(2,3)12-8-10(9-13(16)17-12)14(19)18(4)11-6-5-7-11/h8-9,11H,5-7H2,1-4H3,(H2,16,17). The molecule has 4 nitrogen and oxygen atoms in total. The second-order valence-electron chi connectivity index (χ2n) is 6.42. The van der Waals surface area contributed by atoms with Crippen molar-refractivity contribution in [2.75, 3.05) is 12.8 Å². The third-order valence-corrected chi connectivity index (χ3v) is 3.80. The van der Waals surface area contributed by atoms with Crippen LogP contribution in [0.3, 0.4) is 0 Å². The fraction of sp³-hybridized carbons (Fsp3) is 0.600. The quantitative estimate of drug-likeness (QED) is 0.890. The lowest BCUT2D eigenvalue weighted by Gasteiger charge is -2.35. The number of hydrogen-bond acceptors (Lipinski definition) is 3. The molecule has 4 heteroatoms. The normalized spacial score (nSPS) is 16.0. The molecule has 0 unspecified atom stereocenters. The van der Waals surface area contributed by atoms with Crippen LogP contribution in [0.5, 0.6) is 0 Å². The van der Waals surface area contributed by atoms with Gasteiger partial charge in [0.2, 0.25) is 0 Å². The summed E-state index contributed by atoms with van der Waals surface area (Å²) >= 11 is 0. The van der Waals surface area contributed by atoms with E-state index in [0.717, 1.165) is 18.5 Å². The Morgan fingerprint density at radius 1 is 1.37 bits per heavy atom. The summed E-state index contributed by atoms with van der Waals surface area (Å²) in [6.07, 6.45) is 3.43. The summed E-state index contributed by atoms with van der Waals surface area (Å²) in [6, 6.07) is 3.93. The van der Waals surface area contributed by atoms with Gasteiger partial charge in [0.15, 0.2) is 0 Å². The summed E-state index contributed by atoms with van der Waals surface area (Å²) in [6.45, 7) is 6.20. The monoisotopic (exact) mass is 261 g/mol. The summed E-state index contributed by atoms with van der Waals surface area (Å²) in [5.41, 5.74) is 7.23. The van der Waals surface area contributed by atoms with E-state index in [1.807, 2.05) is 18.0 Å². The number of carbonyl (C=O) groups is 1. The van der Waals surface area contributed by atoms with Gasteiger partial charge in [-0.2, -0.15) is 0 Å². The van der Waals surface area contributed by atoms with E-state index < -0.39 is 0 Å². The van der Waals surface area contributed by atoms with Crippen LogP contribution in [0.15, 0.2) is 12.1 Å². The van der Waals surface area contributed by atoms with Gasteiger partial charge in [0.05, 0.1) is 0 Å². The lowest BCUT2D eigenvalue weighted by Crippen LogP contribution is -2.41. The van der Waals surface area contributed by atoms with Gasteiger partial charge in [-0.3, -0.25) is 4.79 Å². The van der Waals surface area contributed by atoms with E-state index in [1.54, 1.807) is 6.07 Å². The molecule has 0 spiro atoms. The lowest BCUT2D eigenvalue weighted by molar-refractivity contribution is 0.0652. The number of hydrogen-bond donors (Lipinski definition) is 1. The summed E-state index contributed by atoms with van der Waals surface area (Å²) in [4.78, 5) is 18.6. The predicted octanol–water partition coefficient (Wildman–Crippen LogP) is 2.59. The summed E-state index contributed by atoms with van der Waals surface area (Å²) in [7, 11) is 1.87. The van der Waals surface area contributed by atoms with E-state index in [-0.39, 0.29) is 11.3 Å². The van der Waals surface area contributed by atoms with E-state index in [9.17, 15) is 4.79 Å². The first-order chi connectivity index (χ1) is 8.79. The highest BCUT2D eigenvalue weighted by Crippen LogP contribution is 2.27. The molecule has 0 bridgehead atoms. The minimum Gasteiger partial charge on any atom is -0.384 e. The van der Waals surface area contributed by atoms with Crippen LogP contribution in [0.4, 0.5) is 5.82 Å². The van der Waals surface area contributed by atoms with Crippen molar-refractivity contribution in [3.8, 4) is 0 Å². The fourth-order valence-corrected chi connectivity index (χ4v) is 2.20. The van der Waals surface area contributed by atoms with Crippen LogP contribution in [0.2, 0.25) is 0 Å². The Labute approximate surface area is 115 Å². The van der Waals surface area contributed by atoms with Gasteiger partial charge in [0.1, 0.15) is 5.82 Å². The molecular weight excluding hydrogens is 238 g/mol. The number of anilines is 1. The second-order valence-corrected chi connectivity index (χ2v) is 6.42. The first-order valence-corrected chi connectivity index (χ1v) is 6.84. The molecule has 1 aliphatic rings. The molecule has 104 valence electrons. The number of nitrogens with zero attached hydrogens (tertiary/aromatic N) is 2. The van der Waals surface area contributed by atoms with Gasteiger partial charge in [-0.1, -0.05) is 20.8 Å². The molecule has 1 fully saturated rings. The van der Waals surface area contributed by atoms with Crippen molar-refractivity contribution in [3.05, 3.63) is 23.4 Å². The molecule has 19 heavy (non-hydrogen) atoms. The molecule has 1 amide bonds. The van der Waals surface area contributed by atoms with Crippen molar-refractivity contribution in [2.24, 2.45) is 0 Å². The maximum absolute atomic E-state index is 12.5. The smallest absolute Gasteiger partial charge is 0.254 e. The van der Waals surface area contributed by atoms with Gasteiger partial charge < -0.3 is 10.6 Å². The van der Waals surface area contributed by atoms with Crippen molar-refractivity contribution in [2.45, 2.75) is 51.5 Å². The Bertz CT molecular complexity index is 487. The van der Waals surface area contributed by atoms with Crippen LogP contribution in [0.1, 0.15) is 56.1 Å². The van der Waals surface area contributed by atoms with Gasteiger partial charge in [0.25, 0.3) is 5.91 Å². The van der Waals surface area contributed by atoms with E-state index >= 15 is 0 Å². The average molecular weight is 261 g/mol. The van der Waals surface area contributed by atoms with Crippen molar-refractivity contribution >= 4 is 11.7 Å². The van der Waals surface area contributed by atoms with E-state index in [0.29, 0.717) is 17.4 Å². The number of amides is 1. The minimum atomic E-state index is -0.112. The molecule has 0 saturated heterocycles. The lowest BCUT2D eigenvalue weighted by atomic mass is 9.89. The van der Waals surface area contributed by atoms with Gasteiger partial charge in [-0.05, 0) is 31.4 Å². The first-order valence-electron chi connectivity index (χ1n) is 6.84. The Morgan fingerprint density at radius 3 is 2.47 bits per heavy atom. The maximum atomic E-state index is 12.5. The van der Waals surface area contributed by atoms with Gasteiger partial charge in [0, 0.05) is 29.8 Å². The minimum absolute atomic E-state index is 0.0456. The third-order valence-electron chi connectivity index (χ3n) is 3.80. The maximum Gasteiger partial charge on any atom is 0.254 e. The zero-order chi connectivity index (χ0) is 14.2. The highest BCUT2D eigenvalue weighted by Gasteiger charge is 2.27. The van der Waals surface area contributed by atoms with E-state index in [2.05, 4.69) is 25.8 Å². The summed E-state index contributed by atoms with van der Waals surface area (Å²) < 4.78 is 0. The molecule has 2 rings (SSSR count). The predicted molar refractivity (Wildman–Crippen MR) is 77.1 cm³/mol. The summed E-state index contributed by atoms with van der Waals surface area (Å²) in [5.74, 6) is 0.460. The molecule has 1 aliphatic carbocycles. The molecule has 1 aromatic heterocycles. The fourth-order valence-electron chi connectivity index (χ4n) is 2.20. The molecule has 1 aromatic rings. The Hall–Kier alpha value is -1.58. The molecule has 1 saturated carbocycles. The molecular formula is C15H23N3O. The van der Waals surface area contributed by atoms with Crippen molar-refractivity contribution < 1.29 is 4.79 Å². The van der Waals surface area contributed by atoms with E-state index in [1.165, 1.54) is 6.42 Å². The van der Waals surface area contributed by atoms with Crippen LogP contribution in [0.25, 0.3) is 0 Å². The molecule has 0 atom stereocenters. The van der Waals surface area contributed by atoms with Crippen LogP contribution < -0.4 is 5.73 Å². The van der Waals surface area contributed by atoms with Gasteiger partial charge >= 0.3 is 0 Å². The molecule has 0 radical (unpaired) electrons. The van der Waals surface area contributed by atoms with Crippen LogP contribution >= 0.6 is 0 Å². The largest absolute Gasteiger partial charge is 0.384 e. The Balaban J connectivity index is 2.28. The SMILES string of the molecule is CN(C(=O)c1cc(N)nc(C(C)(C)C)c1)C1CCC1. The number of pyridine rings is 1. The van der Waals surface area contributed by atoms with Crippen LogP contribution in [-0.4, -0.2) is 28.9 Å². The van der Waals surface area contributed by atoms with Gasteiger partial charge in [-0.15, -0.1) is 0 Å². The first kappa shape index (κ1) is 13.8. The van der Waals surface area contributed by atoms with Crippen LogP contribution in [0, 0.1) is 0 Å². The zero-order valence-corrected chi connectivity index (χ0v) is 12.2. The number of nitrogen functional groups attached to an aromatic ring is 1. The highest BCUT2D eigenvalue weighted by molar-refractivity contribution is 5.95. The number of rotatable bonds is 2. The third kappa shape index (κ3) is 2.88. The van der Waals surface area contributed by atoms with Crippen LogP contribution in [-0.2, 0) is 5.41 Å². The summed E-state index contributed by atoms with van der Waals surface area (Å²) in [5, 5.41) is 0. The number of nitrogens with two attached hydrogens (primary N) is 1. The number of aromatic nitrogens is 1. The topological polar surface area (TPSA) is 59.2 Å². The molecule has 0 aliphatic heterocycles. The van der Waals surface area contributed by atoms with Crippen molar-refractivity contribution in [1.82, 2.24) is 9.88 Å². The second kappa shape index (κ2) is 4.83. The molecule has 1 heterocycles. The number of carbonyl (C=O) groups excluding carboxylic acids is 1. The van der Waals surface area contributed by atoms with E-state index in [4.69, 9.17) is 5.73 Å². The Kier molecular flexibility index (Phi) is 3.52. The van der Waals surface area contributed by atoms with Crippen molar-refractivity contribution in [1.29, 1.82) is 0 Å².